The Morgan fingerprint density at radius 1 is 1.37 bits per heavy atom. The molecule has 0 saturated heterocycles. The molecule has 0 aliphatic carbocycles. The van der Waals surface area contributed by atoms with Crippen molar-refractivity contribution < 1.29 is 4.74 Å². The van der Waals surface area contributed by atoms with Gasteiger partial charge in [0.25, 0.3) is 0 Å². The van der Waals surface area contributed by atoms with Gasteiger partial charge in [-0.25, -0.2) is 0 Å². The first kappa shape index (κ1) is 17.9. The second-order valence-corrected chi connectivity index (χ2v) is 3.82. The van der Waals surface area contributed by atoms with E-state index in [2.05, 4.69) is 27.5 Å². The predicted molar refractivity (Wildman–Crippen MR) is 89.4 cm³/mol. The maximum Gasteiger partial charge on any atom is 0.191 e. The van der Waals surface area contributed by atoms with Gasteiger partial charge in [-0.1, -0.05) is 13.3 Å². The van der Waals surface area contributed by atoms with Gasteiger partial charge in [0.1, 0.15) is 12.4 Å². The van der Waals surface area contributed by atoms with Gasteiger partial charge in [-0.2, -0.15) is 0 Å². The Labute approximate surface area is 132 Å². The summed E-state index contributed by atoms with van der Waals surface area (Å²) in [5.41, 5.74) is 0. The third-order valence-electron chi connectivity index (χ3n) is 2.34. The van der Waals surface area contributed by atoms with Crippen LogP contribution in [0.1, 0.15) is 19.8 Å². The molecular formula is C13H23IN4O. The number of aromatic nitrogens is 1. The number of hydrogen-bond donors (Lipinski definition) is 2. The number of guanidine groups is 1. The van der Waals surface area contributed by atoms with Crippen LogP contribution in [0, 0.1) is 0 Å². The monoisotopic (exact) mass is 378 g/mol. The first-order chi connectivity index (χ1) is 8.86. The van der Waals surface area contributed by atoms with E-state index in [1.165, 1.54) is 6.42 Å². The van der Waals surface area contributed by atoms with E-state index in [0.717, 1.165) is 24.7 Å². The third kappa shape index (κ3) is 8.63. The lowest BCUT2D eigenvalue weighted by atomic mass is 10.3. The van der Waals surface area contributed by atoms with Gasteiger partial charge in [0, 0.05) is 19.8 Å². The van der Waals surface area contributed by atoms with Crippen LogP contribution in [-0.4, -0.2) is 37.7 Å². The van der Waals surface area contributed by atoms with Crippen LogP contribution in [0.25, 0.3) is 0 Å². The molecule has 0 radical (unpaired) electrons. The van der Waals surface area contributed by atoms with Crippen LogP contribution in [0.2, 0.25) is 0 Å². The molecule has 0 amide bonds. The molecular weight excluding hydrogens is 355 g/mol. The van der Waals surface area contributed by atoms with Crippen molar-refractivity contribution in [2.24, 2.45) is 4.99 Å². The fraction of sp³-hybridized carbons (Fsp3) is 0.538. The van der Waals surface area contributed by atoms with Gasteiger partial charge in [0.05, 0.1) is 12.7 Å². The van der Waals surface area contributed by atoms with Gasteiger partial charge in [-0.05, 0) is 18.6 Å². The molecule has 0 aliphatic rings. The van der Waals surface area contributed by atoms with Crippen LogP contribution >= 0.6 is 24.0 Å². The van der Waals surface area contributed by atoms with Crippen LogP contribution in [-0.2, 0) is 0 Å². The molecule has 6 heteroatoms. The number of aliphatic imine (C=N–C) groups is 1. The fourth-order valence-corrected chi connectivity index (χ4v) is 1.37. The van der Waals surface area contributed by atoms with E-state index in [0.29, 0.717) is 13.2 Å². The second kappa shape index (κ2) is 12.0. The molecule has 0 aliphatic heterocycles. The van der Waals surface area contributed by atoms with Crippen molar-refractivity contribution in [3.05, 3.63) is 24.5 Å². The van der Waals surface area contributed by atoms with Crippen molar-refractivity contribution in [1.82, 2.24) is 15.6 Å². The minimum absolute atomic E-state index is 0. The molecule has 5 nitrogen and oxygen atoms in total. The smallest absolute Gasteiger partial charge is 0.191 e. The first-order valence-corrected chi connectivity index (χ1v) is 6.34. The molecule has 108 valence electrons. The topological polar surface area (TPSA) is 58.5 Å². The van der Waals surface area contributed by atoms with Crippen molar-refractivity contribution in [2.75, 3.05) is 26.7 Å². The lowest BCUT2D eigenvalue weighted by Crippen LogP contribution is -2.39. The number of ether oxygens (including phenoxy) is 1. The molecule has 0 aromatic carbocycles. The van der Waals surface area contributed by atoms with Crippen LogP contribution in [0.4, 0.5) is 0 Å². The molecule has 0 fully saturated rings. The summed E-state index contributed by atoms with van der Waals surface area (Å²) in [6.45, 7) is 4.40. The Kier molecular flexibility index (Phi) is 11.3. The number of hydrogen-bond acceptors (Lipinski definition) is 3. The highest BCUT2D eigenvalue weighted by atomic mass is 127. The quantitative estimate of drug-likeness (QED) is 0.330. The molecule has 0 unspecified atom stereocenters. The van der Waals surface area contributed by atoms with Gasteiger partial charge < -0.3 is 15.4 Å². The van der Waals surface area contributed by atoms with Gasteiger partial charge in [0.2, 0.25) is 0 Å². The summed E-state index contributed by atoms with van der Waals surface area (Å²) in [7, 11) is 1.77. The summed E-state index contributed by atoms with van der Waals surface area (Å²) in [4.78, 5) is 8.11. The highest BCUT2D eigenvalue weighted by Gasteiger charge is 1.96. The molecule has 1 rings (SSSR count). The molecule has 0 atom stereocenters. The molecule has 1 aromatic heterocycles. The zero-order valence-corrected chi connectivity index (χ0v) is 13.9. The number of nitrogens with zero attached hydrogens (tertiary/aromatic N) is 2. The van der Waals surface area contributed by atoms with Crippen molar-refractivity contribution >= 4 is 29.9 Å². The van der Waals surface area contributed by atoms with Crippen molar-refractivity contribution in [2.45, 2.75) is 19.8 Å². The van der Waals surface area contributed by atoms with Gasteiger partial charge >= 0.3 is 0 Å². The number of halogens is 1. The number of unbranched alkanes of at least 4 members (excludes halogenated alkanes) is 1. The van der Waals surface area contributed by atoms with E-state index in [1.807, 2.05) is 12.1 Å². The van der Waals surface area contributed by atoms with E-state index < -0.39 is 0 Å². The maximum absolute atomic E-state index is 5.52. The highest BCUT2D eigenvalue weighted by molar-refractivity contribution is 14.0. The standard InChI is InChI=1S/C13H22N4O.HI/c1-3-4-8-16-13(14-2)17-9-10-18-12-6-5-7-15-11-12;/h5-7,11H,3-4,8-10H2,1-2H3,(H2,14,16,17);1H. The first-order valence-electron chi connectivity index (χ1n) is 6.34. The third-order valence-corrected chi connectivity index (χ3v) is 2.34. The van der Waals surface area contributed by atoms with E-state index in [1.54, 1.807) is 19.4 Å². The largest absolute Gasteiger partial charge is 0.490 e. The van der Waals surface area contributed by atoms with Crippen LogP contribution < -0.4 is 15.4 Å². The van der Waals surface area contributed by atoms with E-state index in [9.17, 15) is 0 Å². The predicted octanol–water partition coefficient (Wildman–Crippen LogP) is 2.04. The van der Waals surface area contributed by atoms with Crippen LogP contribution in [0.3, 0.4) is 0 Å². The Balaban J connectivity index is 0.00000324. The summed E-state index contributed by atoms with van der Waals surface area (Å²) in [6.07, 6.45) is 5.75. The minimum atomic E-state index is 0. The van der Waals surface area contributed by atoms with Crippen LogP contribution in [0.5, 0.6) is 5.75 Å². The summed E-state index contributed by atoms with van der Waals surface area (Å²) < 4.78 is 5.52. The van der Waals surface area contributed by atoms with Gasteiger partial charge in [-0.15, -0.1) is 24.0 Å². The van der Waals surface area contributed by atoms with E-state index in [-0.39, 0.29) is 24.0 Å². The molecule has 0 saturated carbocycles. The maximum atomic E-state index is 5.52. The molecule has 2 N–H and O–H groups in total. The minimum Gasteiger partial charge on any atom is -0.490 e. The summed E-state index contributed by atoms with van der Waals surface area (Å²) in [5, 5.41) is 6.43. The molecule has 1 heterocycles. The lowest BCUT2D eigenvalue weighted by Gasteiger charge is -2.11. The Bertz CT molecular complexity index is 346. The Morgan fingerprint density at radius 2 is 2.16 bits per heavy atom. The molecule has 0 bridgehead atoms. The number of pyridine rings is 1. The van der Waals surface area contributed by atoms with Crippen molar-refractivity contribution in [1.29, 1.82) is 0 Å². The second-order valence-electron chi connectivity index (χ2n) is 3.82. The SMILES string of the molecule is CCCCNC(=NC)NCCOc1cccnc1.I. The highest BCUT2D eigenvalue weighted by Crippen LogP contribution is 2.04. The summed E-state index contributed by atoms with van der Waals surface area (Å²) in [6, 6.07) is 3.75. The van der Waals surface area contributed by atoms with Gasteiger partial charge in [0.15, 0.2) is 5.96 Å². The summed E-state index contributed by atoms with van der Waals surface area (Å²) in [5.74, 6) is 1.60. The van der Waals surface area contributed by atoms with Crippen molar-refractivity contribution in [3.8, 4) is 5.75 Å². The van der Waals surface area contributed by atoms with Gasteiger partial charge in [-0.3, -0.25) is 9.98 Å². The zero-order valence-electron chi connectivity index (χ0n) is 11.6. The fourth-order valence-electron chi connectivity index (χ4n) is 1.37. The lowest BCUT2D eigenvalue weighted by molar-refractivity contribution is 0.320. The normalized spacial score (nSPS) is 10.5. The number of rotatable bonds is 7. The number of nitrogens with one attached hydrogen (secondary N) is 2. The Hall–Kier alpha value is -1.05. The van der Waals surface area contributed by atoms with E-state index >= 15 is 0 Å². The summed E-state index contributed by atoms with van der Waals surface area (Å²) >= 11 is 0. The van der Waals surface area contributed by atoms with E-state index in [4.69, 9.17) is 4.74 Å². The van der Waals surface area contributed by atoms with Crippen LogP contribution in [0.15, 0.2) is 29.5 Å². The zero-order chi connectivity index (χ0) is 13.1. The Morgan fingerprint density at radius 3 is 2.79 bits per heavy atom. The molecule has 0 spiro atoms. The molecule has 1 aromatic rings. The van der Waals surface area contributed by atoms with Crippen molar-refractivity contribution in [3.63, 3.8) is 0 Å². The average Bonchev–Trinajstić information content (AvgIpc) is 2.43. The average molecular weight is 378 g/mol. The molecule has 19 heavy (non-hydrogen) atoms.